The van der Waals surface area contributed by atoms with Gasteiger partial charge in [0.15, 0.2) is 0 Å². The van der Waals surface area contributed by atoms with Gasteiger partial charge in [-0.25, -0.2) is 4.68 Å². The lowest BCUT2D eigenvalue weighted by molar-refractivity contribution is -0.117. The Labute approximate surface area is 156 Å². The molecular formula is C20H19N3O4. The van der Waals surface area contributed by atoms with Crippen molar-refractivity contribution in [1.82, 2.24) is 9.78 Å². The molecular weight excluding hydrogens is 346 g/mol. The minimum atomic E-state index is -0.383. The van der Waals surface area contributed by atoms with Gasteiger partial charge in [0, 0.05) is 11.6 Å². The largest absolute Gasteiger partial charge is 0.496 e. The van der Waals surface area contributed by atoms with Crippen LogP contribution in [-0.4, -0.2) is 29.9 Å². The van der Waals surface area contributed by atoms with Crippen LogP contribution in [0.2, 0.25) is 0 Å². The molecule has 0 fully saturated rings. The van der Waals surface area contributed by atoms with Crippen LogP contribution in [-0.2, 0) is 11.3 Å². The molecule has 1 aromatic heterocycles. The van der Waals surface area contributed by atoms with Gasteiger partial charge < -0.3 is 14.8 Å². The summed E-state index contributed by atoms with van der Waals surface area (Å²) in [4.78, 5) is 24.5. The molecule has 0 aliphatic heterocycles. The molecule has 0 saturated carbocycles. The number of nitrogens with one attached hydrogen (secondary N) is 1. The van der Waals surface area contributed by atoms with Gasteiger partial charge in [-0.2, -0.15) is 5.10 Å². The molecule has 1 heterocycles. The van der Waals surface area contributed by atoms with Gasteiger partial charge in [-0.15, -0.1) is 0 Å². The summed E-state index contributed by atoms with van der Waals surface area (Å²) in [5.74, 6) is 0.786. The van der Waals surface area contributed by atoms with Crippen LogP contribution in [0.25, 0.3) is 11.3 Å². The molecule has 138 valence electrons. The molecule has 0 atom stereocenters. The Kier molecular flexibility index (Phi) is 5.51. The van der Waals surface area contributed by atoms with Crippen molar-refractivity contribution in [3.05, 3.63) is 71.0 Å². The second-order valence-corrected chi connectivity index (χ2v) is 5.66. The number of carbonyl (C=O) groups is 1. The van der Waals surface area contributed by atoms with Gasteiger partial charge in [-0.3, -0.25) is 9.59 Å². The molecule has 0 saturated heterocycles. The van der Waals surface area contributed by atoms with Crippen LogP contribution in [0.5, 0.6) is 11.5 Å². The quantitative estimate of drug-likeness (QED) is 0.726. The Morgan fingerprint density at radius 3 is 2.37 bits per heavy atom. The molecule has 2 aromatic carbocycles. The van der Waals surface area contributed by atoms with E-state index in [-0.39, 0.29) is 18.0 Å². The van der Waals surface area contributed by atoms with Crippen molar-refractivity contribution < 1.29 is 14.3 Å². The Bertz CT molecular complexity index is 1010. The van der Waals surface area contributed by atoms with E-state index in [1.165, 1.54) is 13.2 Å². The van der Waals surface area contributed by atoms with E-state index in [9.17, 15) is 9.59 Å². The zero-order valence-electron chi connectivity index (χ0n) is 15.0. The maximum absolute atomic E-state index is 12.4. The first kappa shape index (κ1) is 18.2. The molecule has 7 heteroatoms. The number of nitrogens with zero attached hydrogens (tertiary/aromatic N) is 2. The van der Waals surface area contributed by atoms with Crippen molar-refractivity contribution >= 4 is 11.6 Å². The van der Waals surface area contributed by atoms with Crippen molar-refractivity contribution in [1.29, 1.82) is 0 Å². The highest BCUT2D eigenvalue weighted by Crippen LogP contribution is 2.27. The van der Waals surface area contributed by atoms with Crippen molar-refractivity contribution in [2.45, 2.75) is 6.54 Å². The van der Waals surface area contributed by atoms with Crippen molar-refractivity contribution in [3.8, 4) is 22.8 Å². The lowest BCUT2D eigenvalue weighted by Gasteiger charge is -2.12. The van der Waals surface area contributed by atoms with Crippen LogP contribution >= 0.6 is 0 Å². The number of hydrogen-bond donors (Lipinski definition) is 1. The van der Waals surface area contributed by atoms with Gasteiger partial charge in [0.25, 0.3) is 5.56 Å². The summed E-state index contributed by atoms with van der Waals surface area (Å²) in [7, 11) is 3.09. The summed E-state index contributed by atoms with van der Waals surface area (Å²) in [5, 5.41) is 7.04. The Morgan fingerprint density at radius 2 is 1.63 bits per heavy atom. The van der Waals surface area contributed by atoms with E-state index >= 15 is 0 Å². The number of amides is 1. The third-order valence-electron chi connectivity index (χ3n) is 3.92. The molecule has 7 nitrogen and oxygen atoms in total. The highest BCUT2D eigenvalue weighted by molar-refractivity contribution is 5.92. The maximum Gasteiger partial charge on any atom is 0.267 e. The third-order valence-corrected chi connectivity index (χ3v) is 3.92. The minimum absolute atomic E-state index is 0.222. The Hall–Kier alpha value is -3.61. The van der Waals surface area contributed by atoms with Gasteiger partial charge in [-0.05, 0) is 30.3 Å². The average molecular weight is 365 g/mol. The van der Waals surface area contributed by atoms with Crippen LogP contribution in [0.1, 0.15) is 0 Å². The Morgan fingerprint density at radius 1 is 0.963 bits per heavy atom. The molecule has 0 spiro atoms. The van der Waals surface area contributed by atoms with Gasteiger partial charge >= 0.3 is 0 Å². The fraction of sp³-hybridized carbons (Fsp3) is 0.150. The van der Waals surface area contributed by atoms with Crippen LogP contribution in [0.3, 0.4) is 0 Å². The third kappa shape index (κ3) is 4.14. The lowest BCUT2D eigenvalue weighted by Crippen LogP contribution is -2.29. The average Bonchev–Trinajstić information content (AvgIpc) is 2.70. The van der Waals surface area contributed by atoms with Crippen LogP contribution in [0.15, 0.2) is 65.5 Å². The van der Waals surface area contributed by atoms with E-state index in [0.717, 1.165) is 10.2 Å². The molecule has 0 unspecified atom stereocenters. The monoisotopic (exact) mass is 365 g/mol. The van der Waals surface area contributed by atoms with E-state index < -0.39 is 0 Å². The van der Waals surface area contributed by atoms with Crippen molar-refractivity contribution in [2.24, 2.45) is 0 Å². The summed E-state index contributed by atoms with van der Waals surface area (Å²) < 4.78 is 11.7. The predicted molar refractivity (Wildman–Crippen MR) is 102 cm³/mol. The fourth-order valence-electron chi connectivity index (χ4n) is 2.64. The van der Waals surface area contributed by atoms with Gasteiger partial charge in [-0.1, -0.05) is 24.3 Å². The summed E-state index contributed by atoms with van der Waals surface area (Å²) in [5.41, 5.74) is 1.43. The molecule has 3 rings (SSSR count). The Balaban J connectivity index is 1.85. The first-order valence-corrected chi connectivity index (χ1v) is 8.27. The smallest absolute Gasteiger partial charge is 0.267 e. The summed E-state index contributed by atoms with van der Waals surface area (Å²) in [6, 6.07) is 17.4. The predicted octanol–water partition coefficient (Wildman–Crippen LogP) is 2.57. The fourth-order valence-corrected chi connectivity index (χ4v) is 2.64. The van der Waals surface area contributed by atoms with Crippen LogP contribution < -0.4 is 20.3 Å². The zero-order valence-corrected chi connectivity index (χ0v) is 15.0. The van der Waals surface area contributed by atoms with Gasteiger partial charge in [0.05, 0.1) is 25.6 Å². The molecule has 3 aromatic rings. The number of benzene rings is 2. The normalized spacial score (nSPS) is 10.3. The van der Waals surface area contributed by atoms with E-state index in [0.29, 0.717) is 22.9 Å². The topological polar surface area (TPSA) is 82.4 Å². The number of anilines is 1. The van der Waals surface area contributed by atoms with E-state index in [1.807, 2.05) is 18.2 Å². The number of carbonyl (C=O) groups excluding carboxylic acids is 1. The lowest BCUT2D eigenvalue weighted by atomic mass is 10.1. The standard InChI is InChI=1S/C20H19N3O4/c1-26-17-9-5-3-7-14(17)15-11-12-20(25)23(22-15)13-19(24)21-16-8-4-6-10-18(16)27-2/h3-12H,13H2,1-2H3,(H,21,24). The van der Waals surface area contributed by atoms with Crippen LogP contribution in [0, 0.1) is 0 Å². The zero-order chi connectivity index (χ0) is 19.2. The number of aromatic nitrogens is 2. The second-order valence-electron chi connectivity index (χ2n) is 5.66. The number of ether oxygens (including phenoxy) is 2. The first-order chi connectivity index (χ1) is 13.1. The highest BCUT2D eigenvalue weighted by atomic mass is 16.5. The van der Waals surface area contributed by atoms with E-state index in [4.69, 9.17) is 9.47 Å². The first-order valence-electron chi connectivity index (χ1n) is 8.27. The molecule has 1 N–H and O–H groups in total. The molecule has 0 bridgehead atoms. The molecule has 0 aliphatic rings. The van der Waals surface area contributed by atoms with Crippen molar-refractivity contribution in [2.75, 3.05) is 19.5 Å². The number of para-hydroxylation sites is 3. The van der Waals surface area contributed by atoms with Crippen molar-refractivity contribution in [3.63, 3.8) is 0 Å². The number of methoxy groups -OCH3 is 2. The maximum atomic E-state index is 12.4. The molecule has 0 aliphatic carbocycles. The van der Waals surface area contributed by atoms with E-state index in [1.54, 1.807) is 43.5 Å². The highest BCUT2D eigenvalue weighted by Gasteiger charge is 2.12. The summed E-state index contributed by atoms with van der Waals surface area (Å²) in [6.45, 7) is -0.222. The van der Waals surface area contributed by atoms with Crippen LogP contribution in [0.4, 0.5) is 5.69 Å². The molecule has 27 heavy (non-hydrogen) atoms. The minimum Gasteiger partial charge on any atom is -0.496 e. The van der Waals surface area contributed by atoms with Gasteiger partial charge in [0.1, 0.15) is 18.0 Å². The number of hydrogen-bond acceptors (Lipinski definition) is 5. The SMILES string of the molecule is COc1ccccc1NC(=O)Cn1nc(-c2ccccc2OC)ccc1=O. The second kappa shape index (κ2) is 8.18. The van der Waals surface area contributed by atoms with E-state index in [2.05, 4.69) is 10.4 Å². The summed E-state index contributed by atoms with van der Waals surface area (Å²) in [6.07, 6.45) is 0. The molecule has 0 radical (unpaired) electrons. The summed E-state index contributed by atoms with van der Waals surface area (Å²) >= 11 is 0. The molecule has 1 amide bonds. The van der Waals surface area contributed by atoms with Gasteiger partial charge in [0.2, 0.25) is 5.91 Å². The number of rotatable bonds is 6.